The van der Waals surface area contributed by atoms with Crippen LogP contribution in [0.1, 0.15) is 0 Å². The highest BCUT2D eigenvalue weighted by Gasteiger charge is 2.33. The van der Waals surface area contributed by atoms with Crippen molar-refractivity contribution in [2.75, 3.05) is 18.0 Å². The molecule has 0 aromatic heterocycles. The van der Waals surface area contributed by atoms with Crippen LogP contribution in [0.3, 0.4) is 0 Å². The topological polar surface area (TPSA) is 69.6 Å². The molecule has 1 unspecified atom stereocenters. The summed E-state index contributed by atoms with van der Waals surface area (Å²) in [5.41, 5.74) is 0.549. The van der Waals surface area contributed by atoms with E-state index in [1.807, 2.05) is 0 Å². The molecule has 90 valence electrons. The van der Waals surface area contributed by atoms with Crippen molar-refractivity contribution in [2.45, 2.75) is 6.04 Å². The molecule has 0 aliphatic carbocycles. The third-order valence-corrected chi connectivity index (χ3v) is 2.84. The fourth-order valence-electron chi connectivity index (χ4n) is 1.79. The van der Waals surface area contributed by atoms with Gasteiger partial charge in [0.2, 0.25) is 5.91 Å². The number of anilines is 1. The minimum atomic E-state index is -1.03. The van der Waals surface area contributed by atoms with Crippen LogP contribution in [-0.4, -0.2) is 36.1 Å². The van der Waals surface area contributed by atoms with Crippen molar-refractivity contribution in [1.29, 1.82) is 0 Å². The highest BCUT2D eigenvalue weighted by Crippen LogP contribution is 2.21. The molecule has 1 heterocycles. The van der Waals surface area contributed by atoms with Crippen molar-refractivity contribution < 1.29 is 14.7 Å². The van der Waals surface area contributed by atoms with Crippen LogP contribution in [0.25, 0.3) is 0 Å². The smallest absolute Gasteiger partial charge is 0.328 e. The summed E-state index contributed by atoms with van der Waals surface area (Å²) in [5.74, 6) is -1.29. The minimum Gasteiger partial charge on any atom is -0.480 e. The fourth-order valence-corrected chi connectivity index (χ4v) is 1.92. The predicted octanol–water partition coefficient (Wildman–Crippen LogP) is 0.729. The zero-order valence-corrected chi connectivity index (χ0v) is 9.65. The maximum atomic E-state index is 11.8. The number of carbonyl (C=O) groups excluding carboxylic acids is 1. The first-order valence-electron chi connectivity index (χ1n) is 5.11. The fraction of sp³-hybridized carbons (Fsp3) is 0.273. The van der Waals surface area contributed by atoms with Gasteiger partial charge in [-0.05, 0) is 24.3 Å². The molecule has 1 atom stereocenters. The second-order valence-corrected chi connectivity index (χ2v) is 4.16. The van der Waals surface area contributed by atoms with E-state index in [0.717, 1.165) is 0 Å². The van der Waals surface area contributed by atoms with Crippen molar-refractivity contribution in [1.82, 2.24) is 5.32 Å². The second-order valence-electron chi connectivity index (χ2n) is 3.73. The van der Waals surface area contributed by atoms with E-state index in [1.54, 1.807) is 24.3 Å². The van der Waals surface area contributed by atoms with Crippen molar-refractivity contribution >= 4 is 29.2 Å². The van der Waals surface area contributed by atoms with Gasteiger partial charge in [0.1, 0.15) is 6.04 Å². The van der Waals surface area contributed by atoms with E-state index in [1.165, 1.54) is 4.90 Å². The molecule has 1 aliphatic heterocycles. The average Bonchev–Trinajstić information content (AvgIpc) is 2.30. The zero-order valence-electron chi connectivity index (χ0n) is 8.89. The Bertz CT molecular complexity index is 447. The summed E-state index contributed by atoms with van der Waals surface area (Å²) in [6.07, 6.45) is 0. The van der Waals surface area contributed by atoms with Crippen LogP contribution in [0, 0.1) is 0 Å². The molecule has 1 saturated heterocycles. The lowest BCUT2D eigenvalue weighted by atomic mass is 10.1. The maximum absolute atomic E-state index is 11.8. The van der Waals surface area contributed by atoms with Crippen molar-refractivity contribution in [3.8, 4) is 0 Å². The van der Waals surface area contributed by atoms with E-state index in [2.05, 4.69) is 5.32 Å². The molecule has 0 spiro atoms. The quantitative estimate of drug-likeness (QED) is 0.816. The van der Waals surface area contributed by atoms with Gasteiger partial charge in [-0.1, -0.05) is 11.6 Å². The lowest BCUT2D eigenvalue weighted by molar-refractivity contribution is -0.140. The number of nitrogens with zero attached hydrogens (tertiary/aromatic N) is 1. The number of benzene rings is 1. The van der Waals surface area contributed by atoms with Crippen molar-refractivity contribution in [3.05, 3.63) is 29.3 Å². The third kappa shape index (κ3) is 2.40. The summed E-state index contributed by atoms with van der Waals surface area (Å²) >= 11 is 5.75. The molecular weight excluding hydrogens is 244 g/mol. The number of piperazine rings is 1. The maximum Gasteiger partial charge on any atom is 0.328 e. The molecule has 2 N–H and O–H groups in total. The van der Waals surface area contributed by atoms with Crippen LogP contribution < -0.4 is 10.2 Å². The summed E-state index contributed by atoms with van der Waals surface area (Å²) in [4.78, 5) is 24.1. The molecule has 1 aromatic rings. The van der Waals surface area contributed by atoms with E-state index in [-0.39, 0.29) is 19.0 Å². The van der Waals surface area contributed by atoms with Crippen LogP contribution in [0.2, 0.25) is 5.02 Å². The van der Waals surface area contributed by atoms with Gasteiger partial charge in [0.05, 0.1) is 6.54 Å². The Morgan fingerprint density at radius 2 is 2.06 bits per heavy atom. The number of hydrogen-bond acceptors (Lipinski definition) is 3. The number of halogens is 1. The third-order valence-electron chi connectivity index (χ3n) is 2.58. The van der Waals surface area contributed by atoms with Crippen LogP contribution >= 0.6 is 11.6 Å². The zero-order chi connectivity index (χ0) is 12.4. The monoisotopic (exact) mass is 254 g/mol. The average molecular weight is 255 g/mol. The van der Waals surface area contributed by atoms with E-state index in [9.17, 15) is 9.59 Å². The van der Waals surface area contributed by atoms with Crippen molar-refractivity contribution in [3.63, 3.8) is 0 Å². The largest absolute Gasteiger partial charge is 0.480 e. The van der Waals surface area contributed by atoms with Crippen molar-refractivity contribution in [2.24, 2.45) is 0 Å². The number of aliphatic carboxylic acids is 1. The number of amides is 1. The van der Waals surface area contributed by atoms with Crippen LogP contribution in [0.15, 0.2) is 24.3 Å². The molecular formula is C11H11ClN2O3. The second kappa shape index (κ2) is 4.73. The first-order valence-corrected chi connectivity index (χ1v) is 5.48. The molecule has 0 bridgehead atoms. The molecule has 1 aliphatic rings. The summed E-state index contributed by atoms with van der Waals surface area (Å²) in [6, 6.07) is 5.66. The summed E-state index contributed by atoms with van der Waals surface area (Å²) in [7, 11) is 0. The van der Waals surface area contributed by atoms with Gasteiger partial charge in [-0.15, -0.1) is 0 Å². The first kappa shape index (κ1) is 11.9. The summed E-state index contributed by atoms with van der Waals surface area (Å²) in [6.45, 7) is 0.385. The molecule has 2 rings (SSSR count). The van der Waals surface area contributed by atoms with Crippen LogP contribution in [-0.2, 0) is 9.59 Å². The van der Waals surface area contributed by atoms with Gasteiger partial charge in [-0.25, -0.2) is 4.79 Å². The van der Waals surface area contributed by atoms with Gasteiger partial charge in [0.25, 0.3) is 0 Å². The van der Waals surface area contributed by atoms with Gasteiger partial charge < -0.3 is 10.4 Å². The van der Waals surface area contributed by atoms with Gasteiger partial charge in [0.15, 0.2) is 0 Å². The highest BCUT2D eigenvalue weighted by atomic mass is 35.5. The standard InChI is InChI=1S/C11H11ClN2O3/c12-7-1-3-8(4-2-7)14-9(11(16)17)5-13-6-10(14)15/h1-4,9,13H,5-6H2,(H,16,17). The van der Waals surface area contributed by atoms with Gasteiger partial charge in [-0.2, -0.15) is 0 Å². The number of carbonyl (C=O) groups is 2. The molecule has 6 heteroatoms. The van der Waals surface area contributed by atoms with E-state index in [0.29, 0.717) is 10.7 Å². The van der Waals surface area contributed by atoms with E-state index < -0.39 is 12.0 Å². The number of carboxylic acid groups (broad SMARTS) is 1. The minimum absolute atomic E-state index is 0.145. The van der Waals surface area contributed by atoms with Gasteiger partial charge >= 0.3 is 5.97 Å². The highest BCUT2D eigenvalue weighted by molar-refractivity contribution is 6.30. The summed E-state index contributed by atoms with van der Waals surface area (Å²) < 4.78 is 0. The molecule has 1 aromatic carbocycles. The molecule has 5 nitrogen and oxygen atoms in total. The Kier molecular flexibility index (Phi) is 3.31. The van der Waals surface area contributed by atoms with Gasteiger partial charge in [0, 0.05) is 17.3 Å². The number of carboxylic acids is 1. The predicted molar refractivity (Wildman–Crippen MR) is 63.2 cm³/mol. The SMILES string of the molecule is O=C(O)C1CNCC(=O)N1c1ccc(Cl)cc1. The molecule has 0 radical (unpaired) electrons. The Labute approximate surface area is 103 Å². The van der Waals surface area contributed by atoms with E-state index >= 15 is 0 Å². The molecule has 1 amide bonds. The Hall–Kier alpha value is -1.59. The van der Waals surface area contributed by atoms with Gasteiger partial charge in [-0.3, -0.25) is 9.69 Å². The number of hydrogen-bond donors (Lipinski definition) is 2. The number of nitrogens with one attached hydrogen (secondary N) is 1. The Morgan fingerprint density at radius 1 is 1.41 bits per heavy atom. The molecule has 1 fully saturated rings. The Balaban J connectivity index is 2.34. The van der Waals surface area contributed by atoms with Crippen LogP contribution in [0.5, 0.6) is 0 Å². The van der Waals surface area contributed by atoms with E-state index in [4.69, 9.17) is 16.7 Å². The van der Waals surface area contributed by atoms with Crippen LogP contribution in [0.4, 0.5) is 5.69 Å². The summed E-state index contributed by atoms with van der Waals surface area (Å²) in [5, 5.41) is 12.4. The molecule has 17 heavy (non-hydrogen) atoms. The lowest BCUT2D eigenvalue weighted by Crippen LogP contribution is -2.58. The lowest BCUT2D eigenvalue weighted by Gasteiger charge is -2.33. The normalized spacial score (nSPS) is 20.4. The number of rotatable bonds is 2. The first-order chi connectivity index (χ1) is 8.09. The Morgan fingerprint density at radius 3 is 2.65 bits per heavy atom. The molecule has 0 saturated carbocycles.